The van der Waals surface area contributed by atoms with Crippen molar-refractivity contribution >= 4 is 24.0 Å². The summed E-state index contributed by atoms with van der Waals surface area (Å²) in [4.78, 5) is 73.5. The molecule has 0 bridgehead atoms. The molecule has 0 unspecified atom stereocenters. The van der Waals surface area contributed by atoms with E-state index in [1.807, 2.05) is 64.0 Å². The van der Waals surface area contributed by atoms with Crippen LogP contribution in [0.5, 0.6) is 0 Å². The highest BCUT2D eigenvalue weighted by atomic mass is 16.5. The molecule has 4 N–H and O–H groups in total. The Morgan fingerprint density at radius 3 is 1.62 bits per heavy atom. The molecule has 2 aliphatic rings. The lowest BCUT2D eigenvalue weighted by molar-refractivity contribution is -0.136. The van der Waals surface area contributed by atoms with Gasteiger partial charge in [-0.05, 0) is 85.5 Å². The van der Waals surface area contributed by atoms with Crippen molar-refractivity contribution in [3.63, 3.8) is 0 Å². The van der Waals surface area contributed by atoms with E-state index in [1.165, 1.54) is 14.2 Å². The normalized spacial score (nSPS) is 17.8. The van der Waals surface area contributed by atoms with Crippen molar-refractivity contribution < 1.29 is 28.7 Å². The largest absolute Gasteiger partial charge is 0.453 e. The maximum absolute atomic E-state index is 13.7. The summed E-state index contributed by atoms with van der Waals surface area (Å²) in [6, 6.07) is 13.0. The Hall–Kier alpha value is -5.70. The number of nitrogens with zero attached hydrogens (tertiary/aromatic N) is 5. The Morgan fingerprint density at radius 1 is 0.724 bits per heavy atom. The highest BCUT2D eigenvalue weighted by Gasteiger charge is 2.39. The smallest absolute Gasteiger partial charge is 0.407 e. The third-order valence-electron chi connectivity index (χ3n) is 11.1. The van der Waals surface area contributed by atoms with Crippen LogP contribution in [-0.2, 0) is 25.6 Å². The molecule has 2 saturated heterocycles. The van der Waals surface area contributed by atoms with Crippen LogP contribution in [0.4, 0.5) is 9.59 Å². The molecule has 15 heteroatoms. The molecule has 4 heterocycles. The monoisotopic (exact) mass is 795 g/mol. The first-order chi connectivity index (χ1) is 27.8. The van der Waals surface area contributed by atoms with Gasteiger partial charge in [0.15, 0.2) is 0 Å². The predicted molar refractivity (Wildman–Crippen MR) is 220 cm³/mol. The zero-order valence-corrected chi connectivity index (χ0v) is 34.8. The molecule has 6 rings (SSSR count). The number of hydrogen-bond donors (Lipinski definition) is 4. The second-order valence-corrected chi connectivity index (χ2v) is 16.1. The summed E-state index contributed by atoms with van der Waals surface area (Å²) in [5.41, 5.74) is 7.01. The zero-order valence-electron chi connectivity index (χ0n) is 34.8. The summed E-state index contributed by atoms with van der Waals surface area (Å²) in [5, 5.41) is 5.41. The minimum Gasteiger partial charge on any atom is -0.453 e. The average Bonchev–Trinajstić information content (AvgIpc) is 4.05. The molecule has 4 amide bonds. The number of benzene rings is 2. The number of amides is 4. The molecule has 2 aliphatic heterocycles. The first-order valence-corrected chi connectivity index (χ1v) is 20.1. The van der Waals surface area contributed by atoms with E-state index in [9.17, 15) is 19.2 Å². The van der Waals surface area contributed by atoms with Crippen molar-refractivity contribution in [2.75, 3.05) is 41.4 Å². The van der Waals surface area contributed by atoms with Crippen molar-refractivity contribution in [2.45, 2.75) is 84.1 Å². The van der Waals surface area contributed by atoms with Gasteiger partial charge in [-0.2, -0.15) is 0 Å². The molecule has 2 fully saturated rings. The number of carbonyl (C=O) groups excluding carboxylic acids is 4. The predicted octanol–water partition coefficient (Wildman–Crippen LogP) is 6.28. The molecular formula is C43H57N9O6. The van der Waals surface area contributed by atoms with Gasteiger partial charge in [0.1, 0.15) is 23.7 Å². The van der Waals surface area contributed by atoms with E-state index in [-0.39, 0.29) is 35.7 Å². The topological polar surface area (TPSA) is 178 Å². The molecule has 0 saturated carbocycles. The number of nitrogens with one attached hydrogen (secondary N) is 4. The van der Waals surface area contributed by atoms with Crippen LogP contribution in [-0.4, -0.2) is 112 Å². The summed E-state index contributed by atoms with van der Waals surface area (Å²) < 4.78 is 9.55. The van der Waals surface area contributed by atoms with Crippen molar-refractivity contribution in [3.8, 4) is 33.6 Å². The van der Waals surface area contributed by atoms with Gasteiger partial charge in [-0.1, -0.05) is 64.1 Å². The lowest BCUT2D eigenvalue weighted by Crippen LogP contribution is -2.51. The van der Waals surface area contributed by atoms with E-state index >= 15 is 0 Å². The number of likely N-dealkylation sites (tertiary alicyclic amines) is 2. The van der Waals surface area contributed by atoms with Gasteiger partial charge in [-0.25, -0.2) is 19.6 Å². The van der Waals surface area contributed by atoms with Crippen LogP contribution in [0.15, 0.2) is 54.9 Å². The molecule has 2 aromatic carbocycles. The summed E-state index contributed by atoms with van der Waals surface area (Å²) >= 11 is 0. The van der Waals surface area contributed by atoms with Crippen LogP contribution in [0.2, 0.25) is 0 Å². The van der Waals surface area contributed by atoms with Crippen LogP contribution in [0.1, 0.15) is 82.7 Å². The number of imidazole rings is 2. The van der Waals surface area contributed by atoms with E-state index < -0.39 is 24.3 Å². The van der Waals surface area contributed by atoms with Gasteiger partial charge in [-0.15, -0.1) is 0 Å². The van der Waals surface area contributed by atoms with Gasteiger partial charge in [0, 0.05) is 19.6 Å². The lowest BCUT2D eigenvalue weighted by Gasteiger charge is -2.30. The second kappa shape index (κ2) is 18.3. The highest BCUT2D eigenvalue weighted by molar-refractivity contribution is 5.87. The van der Waals surface area contributed by atoms with E-state index in [0.717, 1.165) is 76.5 Å². The number of carbonyl (C=O) groups is 4. The quantitative estimate of drug-likeness (QED) is 0.121. The van der Waals surface area contributed by atoms with Crippen LogP contribution >= 0.6 is 0 Å². The fourth-order valence-corrected chi connectivity index (χ4v) is 8.03. The average molecular weight is 796 g/mol. The van der Waals surface area contributed by atoms with Crippen molar-refractivity contribution in [2.24, 2.45) is 11.8 Å². The van der Waals surface area contributed by atoms with Crippen molar-refractivity contribution in [1.82, 2.24) is 45.3 Å². The molecule has 4 atom stereocenters. The standard InChI is InChI=1S/C43H57N9O6/c1-25(2)36(48-42(55)57-7)40(53)51-19-9-11-34(51)38-44-22-32(46-38)28-15-13-27(14-16-28)31-18-17-29(21-30(31)24-50(5)6)33-23-45-39(47-33)35-12-10-20-52(35)41(54)37(26(3)4)49-43(56)58-8/h13-18,21-23,25-26,34-37H,9-12,19-20,24H2,1-8H3,(H,44,46)(H,45,47)(H,48,55)(H,49,56)/t34-,35-,36-,37-/m0/s1. The number of aromatic amines is 2. The van der Waals surface area contributed by atoms with Crippen molar-refractivity contribution in [3.05, 3.63) is 72.1 Å². The first kappa shape index (κ1) is 41.9. The van der Waals surface area contributed by atoms with Crippen LogP contribution in [0, 0.1) is 11.8 Å². The third-order valence-corrected chi connectivity index (χ3v) is 11.1. The maximum atomic E-state index is 13.7. The highest BCUT2D eigenvalue weighted by Crippen LogP contribution is 2.36. The van der Waals surface area contributed by atoms with Gasteiger partial charge in [0.25, 0.3) is 0 Å². The number of H-pyrrole nitrogens is 2. The Bertz CT molecular complexity index is 2070. The first-order valence-electron chi connectivity index (χ1n) is 20.1. The molecular weight excluding hydrogens is 739 g/mol. The number of aromatic nitrogens is 4. The number of methoxy groups -OCH3 is 2. The minimum atomic E-state index is -0.698. The van der Waals surface area contributed by atoms with E-state index in [4.69, 9.17) is 19.4 Å². The lowest BCUT2D eigenvalue weighted by atomic mass is 9.95. The summed E-state index contributed by atoms with van der Waals surface area (Å²) in [5.74, 6) is 0.935. The molecule has 0 aliphatic carbocycles. The molecule has 58 heavy (non-hydrogen) atoms. The Kier molecular flexibility index (Phi) is 13.2. The molecule has 0 spiro atoms. The fourth-order valence-electron chi connectivity index (χ4n) is 8.03. The maximum Gasteiger partial charge on any atom is 0.407 e. The molecule has 0 radical (unpaired) electrons. The van der Waals surface area contributed by atoms with Crippen LogP contribution in [0.25, 0.3) is 33.6 Å². The molecule has 2 aromatic heterocycles. The van der Waals surface area contributed by atoms with E-state index in [2.05, 4.69) is 68.0 Å². The number of hydrogen-bond acceptors (Lipinski definition) is 9. The van der Waals surface area contributed by atoms with Gasteiger partial charge in [-0.3, -0.25) is 9.59 Å². The van der Waals surface area contributed by atoms with Gasteiger partial charge in [0.05, 0.1) is 50.1 Å². The van der Waals surface area contributed by atoms with E-state index in [0.29, 0.717) is 19.6 Å². The molecule has 4 aromatic rings. The summed E-state index contributed by atoms with van der Waals surface area (Å²) in [6.07, 6.45) is 5.62. The minimum absolute atomic E-state index is 0.110. The van der Waals surface area contributed by atoms with Gasteiger partial charge >= 0.3 is 12.2 Å². The van der Waals surface area contributed by atoms with Gasteiger partial charge in [0.2, 0.25) is 11.8 Å². The zero-order chi connectivity index (χ0) is 41.7. The van der Waals surface area contributed by atoms with Crippen LogP contribution < -0.4 is 10.6 Å². The Balaban J connectivity index is 1.19. The van der Waals surface area contributed by atoms with Crippen molar-refractivity contribution in [1.29, 1.82) is 0 Å². The third kappa shape index (κ3) is 9.20. The summed E-state index contributed by atoms with van der Waals surface area (Å²) in [7, 11) is 6.68. The second-order valence-electron chi connectivity index (χ2n) is 16.1. The van der Waals surface area contributed by atoms with Gasteiger partial charge < -0.3 is 44.8 Å². The fraction of sp³-hybridized carbons (Fsp3) is 0.488. The Morgan fingerprint density at radius 2 is 1.17 bits per heavy atom. The molecule has 310 valence electrons. The summed E-state index contributed by atoms with van der Waals surface area (Å²) in [6.45, 7) is 9.51. The number of alkyl carbamates (subject to hydrolysis) is 2. The molecule has 15 nitrogen and oxygen atoms in total. The SMILES string of the molecule is COC(=O)N[C@H](C(=O)N1CCC[C@H]1c1ncc(-c2ccc(-c3ccc(-c4cnc([C@@H]5CCCN5C(=O)[C@@H](NC(=O)OC)C(C)C)[nH]4)cc3CN(C)C)cc2)[nH]1)C(C)C. The van der Waals surface area contributed by atoms with E-state index in [1.54, 1.807) is 0 Å². The number of rotatable bonds is 13. The number of ether oxygens (including phenoxy) is 2. The Labute approximate surface area is 340 Å². The van der Waals surface area contributed by atoms with Crippen LogP contribution in [0.3, 0.4) is 0 Å².